The van der Waals surface area contributed by atoms with Crippen LogP contribution in [-0.2, 0) is 25.5 Å². The van der Waals surface area contributed by atoms with Gasteiger partial charge in [0, 0.05) is 48.0 Å². The first-order valence-corrected chi connectivity index (χ1v) is 15.4. The highest BCUT2D eigenvalue weighted by Crippen LogP contribution is 2.28. The lowest BCUT2D eigenvalue weighted by Gasteiger charge is -2.28. The number of hydrogen-bond donors (Lipinski definition) is 2. The first-order chi connectivity index (χ1) is 22.5. The summed E-state index contributed by atoms with van der Waals surface area (Å²) < 4.78 is 16.2. The molecule has 1 fully saturated rings. The van der Waals surface area contributed by atoms with E-state index in [4.69, 9.17) is 19.6 Å². The van der Waals surface area contributed by atoms with Crippen LogP contribution in [0.3, 0.4) is 0 Å². The lowest BCUT2D eigenvalue weighted by molar-refractivity contribution is -0.385. The van der Waals surface area contributed by atoms with Crippen molar-refractivity contribution in [3.63, 3.8) is 0 Å². The summed E-state index contributed by atoms with van der Waals surface area (Å²) in [6.07, 6.45) is 1.41. The summed E-state index contributed by atoms with van der Waals surface area (Å²) in [7, 11) is 0. The van der Waals surface area contributed by atoms with Crippen molar-refractivity contribution in [3.8, 4) is 5.75 Å². The highest BCUT2D eigenvalue weighted by molar-refractivity contribution is 5.91. The van der Waals surface area contributed by atoms with Gasteiger partial charge < -0.3 is 29.8 Å². The van der Waals surface area contributed by atoms with Crippen LogP contribution in [0.2, 0.25) is 0 Å². The van der Waals surface area contributed by atoms with Crippen molar-refractivity contribution in [1.29, 1.82) is 0 Å². The number of rotatable bonds is 14. The van der Waals surface area contributed by atoms with Crippen LogP contribution in [0.15, 0.2) is 57.7 Å². The molecule has 1 aliphatic rings. The van der Waals surface area contributed by atoms with Gasteiger partial charge in [-0.3, -0.25) is 19.7 Å². The molecule has 1 aromatic heterocycles. The zero-order valence-electron chi connectivity index (χ0n) is 26.3. The number of benzene rings is 2. The zero-order chi connectivity index (χ0) is 34.1. The number of ketones is 1. The summed E-state index contributed by atoms with van der Waals surface area (Å²) in [4.78, 5) is 75.8. The molecular weight excluding hydrogens is 612 g/mol. The molecule has 1 saturated heterocycles. The molecule has 47 heavy (non-hydrogen) atoms. The molecule has 0 bridgehead atoms. The summed E-state index contributed by atoms with van der Waals surface area (Å²) in [5.41, 5.74) is 5.96. The number of likely N-dealkylation sites (tertiary alicyclic amines) is 1. The molecule has 1 aliphatic heterocycles. The number of fused-ring (bicyclic) bond motifs is 1. The fourth-order valence-electron chi connectivity index (χ4n) is 5.64. The smallest absolute Gasteiger partial charge is 0.407 e. The van der Waals surface area contributed by atoms with E-state index in [0.29, 0.717) is 48.7 Å². The Balaban J connectivity index is 1.43. The van der Waals surface area contributed by atoms with Crippen molar-refractivity contribution in [3.05, 3.63) is 80.2 Å². The molecule has 0 spiro atoms. The van der Waals surface area contributed by atoms with Crippen molar-refractivity contribution < 1.29 is 38.0 Å². The molecule has 3 aromatic rings. The molecule has 14 nitrogen and oxygen atoms in total. The first-order valence-electron chi connectivity index (χ1n) is 15.4. The van der Waals surface area contributed by atoms with Gasteiger partial charge in [0.1, 0.15) is 35.8 Å². The van der Waals surface area contributed by atoms with E-state index in [2.05, 4.69) is 5.32 Å². The Morgan fingerprint density at radius 1 is 1.15 bits per heavy atom. The third-order valence-electron chi connectivity index (χ3n) is 7.93. The number of nitrogens with zero attached hydrogens (tertiary/aromatic N) is 2. The summed E-state index contributed by atoms with van der Waals surface area (Å²) in [5.74, 6) is -1.70. The van der Waals surface area contributed by atoms with E-state index >= 15 is 0 Å². The lowest BCUT2D eigenvalue weighted by Crippen LogP contribution is -2.52. The van der Waals surface area contributed by atoms with Crippen LogP contribution in [0.25, 0.3) is 11.0 Å². The topological polar surface area (TPSA) is 201 Å². The van der Waals surface area contributed by atoms with E-state index in [9.17, 15) is 34.1 Å². The second-order valence-corrected chi connectivity index (χ2v) is 11.5. The van der Waals surface area contributed by atoms with E-state index < -0.39 is 46.5 Å². The Labute approximate surface area is 270 Å². The van der Waals surface area contributed by atoms with Gasteiger partial charge in [-0.2, -0.15) is 0 Å². The number of unbranched alkanes of at least 4 members (excludes halogenated alkanes) is 1. The number of nitrogens with two attached hydrogens (primary N) is 1. The molecule has 3 atom stereocenters. The minimum atomic E-state index is -1.02. The Bertz CT molecular complexity index is 1700. The van der Waals surface area contributed by atoms with Crippen LogP contribution in [-0.4, -0.2) is 65.4 Å². The van der Waals surface area contributed by atoms with Gasteiger partial charge in [0.05, 0.1) is 4.92 Å². The number of hydrogen-bond acceptors (Lipinski definition) is 11. The number of amides is 2. The van der Waals surface area contributed by atoms with Crippen LogP contribution in [0, 0.1) is 10.1 Å². The van der Waals surface area contributed by atoms with E-state index in [1.165, 1.54) is 36.1 Å². The highest BCUT2D eigenvalue weighted by atomic mass is 16.6. The van der Waals surface area contributed by atoms with Crippen molar-refractivity contribution in [2.45, 2.75) is 70.4 Å². The number of ether oxygens (including phenoxy) is 2. The Morgan fingerprint density at radius 2 is 1.91 bits per heavy atom. The predicted octanol–water partition coefficient (Wildman–Crippen LogP) is 3.76. The van der Waals surface area contributed by atoms with Crippen LogP contribution in [0.1, 0.15) is 63.0 Å². The number of nitro benzene ring substituents is 1. The van der Waals surface area contributed by atoms with Gasteiger partial charge in [-0.1, -0.05) is 25.1 Å². The number of nitro groups is 1. The number of carbonyl (C=O) groups is 4. The average molecular weight is 651 g/mol. The van der Waals surface area contributed by atoms with Crippen LogP contribution in [0.5, 0.6) is 5.75 Å². The van der Waals surface area contributed by atoms with Gasteiger partial charge >= 0.3 is 17.7 Å². The molecule has 0 aliphatic carbocycles. The molecule has 2 amide bonds. The molecule has 250 valence electrons. The molecule has 14 heteroatoms. The zero-order valence-corrected chi connectivity index (χ0v) is 26.3. The first kappa shape index (κ1) is 34.8. The maximum atomic E-state index is 13.7. The normalized spacial score (nSPS) is 15.6. The van der Waals surface area contributed by atoms with Crippen molar-refractivity contribution in [2.24, 2.45) is 5.73 Å². The average Bonchev–Trinajstić information content (AvgIpc) is 3.53. The largest absolute Gasteiger partial charge is 0.449 e. The van der Waals surface area contributed by atoms with Crippen LogP contribution >= 0.6 is 0 Å². The fourth-order valence-corrected chi connectivity index (χ4v) is 5.64. The summed E-state index contributed by atoms with van der Waals surface area (Å²) in [5, 5.41) is 14.5. The van der Waals surface area contributed by atoms with E-state index in [1.54, 1.807) is 31.2 Å². The van der Waals surface area contributed by atoms with Crippen molar-refractivity contribution in [1.82, 2.24) is 10.2 Å². The molecule has 3 N–H and O–H groups in total. The summed E-state index contributed by atoms with van der Waals surface area (Å²) >= 11 is 0. The Kier molecular flexibility index (Phi) is 11.8. The highest BCUT2D eigenvalue weighted by Gasteiger charge is 2.39. The number of carbonyl (C=O) groups excluding carboxylic acids is 4. The molecular formula is C33H38N4O10. The van der Waals surface area contributed by atoms with Crippen molar-refractivity contribution >= 4 is 40.4 Å². The van der Waals surface area contributed by atoms with Gasteiger partial charge in [-0.05, 0) is 63.3 Å². The van der Waals surface area contributed by atoms with Gasteiger partial charge in [-0.25, -0.2) is 14.4 Å². The van der Waals surface area contributed by atoms with Crippen LogP contribution in [0.4, 0.5) is 10.5 Å². The standard InChI is InChI=1S/C33H38N4O10/c1-20(24-8-3-4-10-27(24)37(43)44)19-45-33(42)35-26(9-5-6-14-34)31(40)36-15-7-11-28(36)32(41)46-23-12-13-25-22(16-21(2)38)17-30(39)47-29(25)18-23/h3-4,8,10,12-13,17-18,20,26,28H,5-7,9,11,14-16,19,34H2,1-2H3,(H,35,42)/t20?,26-,28-/m0/s1. The second kappa shape index (κ2) is 15.9. The maximum absolute atomic E-state index is 13.7. The number of Topliss-reactive ketones (excluding diaryl/α,β-unsaturated/α-hetero) is 1. The van der Waals surface area contributed by atoms with E-state index in [-0.39, 0.29) is 48.8 Å². The molecule has 4 rings (SSSR count). The monoisotopic (exact) mass is 650 g/mol. The molecule has 1 unspecified atom stereocenters. The predicted molar refractivity (Wildman–Crippen MR) is 170 cm³/mol. The van der Waals surface area contributed by atoms with E-state index in [0.717, 1.165) is 0 Å². The third-order valence-corrected chi connectivity index (χ3v) is 7.93. The fraction of sp³-hybridized carbons (Fsp3) is 0.424. The number of esters is 1. The second-order valence-electron chi connectivity index (χ2n) is 11.5. The molecule has 2 aromatic carbocycles. The SMILES string of the molecule is CC(=O)Cc1cc(=O)oc2cc(OC(=O)[C@@H]3CCCN3C(=O)[C@H](CCCCN)NC(=O)OCC(C)c3ccccc3[N+](=O)[O-])ccc12. The lowest BCUT2D eigenvalue weighted by atomic mass is 10.0. The van der Waals surface area contributed by atoms with Gasteiger partial charge in [0.15, 0.2) is 0 Å². The quantitative estimate of drug-likeness (QED) is 0.0642. The van der Waals surface area contributed by atoms with Gasteiger partial charge in [0.2, 0.25) is 5.91 Å². The Hall–Kier alpha value is -5.11. The van der Waals surface area contributed by atoms with Gasteiger partial charge in [-0.15, -0.1) is 0 Å². The number of alkyl carbamates (subject to hydrolysis) is 1. The van der Waals surface area contributed by atoms with Gasteiger partial charge in [0.25, 0.3) is 5.69 Å². The number of nitrogens with one attached hydrogen (secondary N) is 1. The minimum absolute atomic E-state index is 0.0446. The molecule has 2 heterocycles. The minimum Gasteiger partial charge on any atom is -0.449 e. The third kappa shape index (κ3) is 9.00. The number of para-hydroxylation sites is 1. The van der Waals surface area contributed by atoms with E-state index in [1.807, 2.05) is 0 Å². The van der Waals surface area contributed by atoms with Crippen LogP contribution < -0.4 is 21.4 Å². The maximum Gasteiger partial charge on any atom is 0.407 e. The van der Waals surface area contributed by atoms with Crippen molar-refractivity contribution in [2.75, 3.05) is 19.7 Å². The Morgan fingerprint density at radius 3 is 2.64 bits per heavy atom. The summed E-state index contributed by atoms with van der Waals surface area (Å²) in [6, 6.07) is 9.98. The summed E-state index contributed by atoms with van der Waals surface area (Å²) in [6.45, 7) is 3.59. The molecule has 0 saturated carbocycles. The molecule has 0 radical (unpaired) electrons.